The van der Waals surface area contributed by atoms with Crippen molar-refractivity contribution < 1.29 is 47.6 Å². The van der Waals surface area contributed by atoms with Gasteiger partial charge in [-0.05, 0) is 112 Å². The van der Waals surface area contributed by atoms with E-state index in [0.29, 0.717) is 90.3 Å². The number of hydrogen-bond acceptors (Lipinski definition) is 12. The van der Waals surface area contributed by atoms with Gasteiger partial charge >= 0.3 is 23.9 Å². The Hall–Kier alpha value is -4.97. The van der Waals surface area contributed by atoms with E-state index < -0.39 is 0 Å². The van der Waals surface area contributed by atoms with Crippen LogP contribution in [0.1, 0.15) is 51.4 Å². The standard InChI is InChI=1S/C37H37NO10S/c1-43-26-11-15-28(16-12-26)45-34(39)22-3-7-24(8-4-22)36(41)47-30-19-20-31(33-32(30)38-21-49-33)48-37(42)25-9-5-23(6-10-25)35(40)46-29-17-13-27(44-2)14-18-29/h11-25H,3-10H2,1-2H3. The third-order valence-corrected chi connectivity index (χ3v) is 10.0. The zero-order valence-corrected chi connectivity index (χ0v) is 28.1. The number of carbonyl (C=O) groups is 4. The van der Waals surface area contributed by atoms with E-state index >= 15 is 0 Å². The van der Waals surface area contributed by atoms with Crippen LogP contribution in [0.4, 0.5) is 0 Å². The van der Waals surface area contributed by atoms with Gasteiger partial charge in [0.15, 0.2) is 11.5 Å². The molecule has 2 aliphatic carbocycles. The van der Waals surface area contributed by atoms with Gasteiger partial charge in [0.05, 0.1) is 43.4 Å². The monoisotopic (exact) mass is 687 g/mol. The maximum atomic E-state index is 13.1. The molecule has 6 rings (SSSR count). The molecular weight excluding hydrogens is 650 g/mol. The number of ether oxygens (including phenoxy) is 6. The van der Waals surface area contributed by atoms with Crippen LogP contribution >= 0.6 is 11.3 Å². The first kappa shape index (κ1) is 33.9. The number of thiazole rings is 1. The predicted octanol–water partition coefficient (Wildman–Crippen LogP) is 6.95. The fourth-order valence-electron chi connectivity index (χ4n) is 6.26. The lowest BCUT2D eigenvalue weighted by Gasteiger charge is -2.26. The average molecular weight is 688 g/mol. The Morgan fingerprint density at radius 2 is 0.857 bits per heavy atom. The minimum atomic E-state index is -0.386. The van der Waals surface area contributed by atoms with Crippen LogP contribution in [0.15, 0.2) is 66.2 Å². The Morgan fingerprint density at radius 1 is 0.510 bits per heavy atom. The third kappa shape index (κ3) is 8.19. The molecule has 4 aromatic rings. The molecule has 0 unspecified atom stereocenters. The van der Waals surface area contributed by atoms with Crippen LogP contribution in [0.5, 0.6) is 34.5 Å². The first-order chi connectivity index (χ1) is 23.8. The van der Waals surface area contributed by atoms with Crippen molar-refractivity contribution in [3.8, 4) is 34.5 Å². The Kier molecular flexibility index (Phi) is 10.7. The summed E-state index contributed by atoms with van der Waals surface area (Å²) in [7, 11) is 3.14. The molecule has 2 fully saturated rings. The zero-order valence-electron chi connectivity index (χ0n) is 27.3. The second kappa shape index (κ2) is 15.5. The van der Waals surface area contributed by atoms with Gasteiger partial charge < -0.3 is 28.4 Å². The largest absolute Gasteiger partial charge is 0.497 e. The number of nitrogens with zero attached hydrogens (tertiary/aromatic N) is 1. The highest BCUT2D eigenvalue weighted by Crippen LogP contribution is 2.39. The summed E-state index contributed by atoms with van der Waals surface area (Å²) in [4.78, 5) is 56.1. The summed E-state index contributed by atoms with van der Waals surface area (Å²) in [5.41, 5.74) is 2.05. The van der Waals surface area contributed by atoms with Crippen molar-refractivity contribution >= 4 is 45.4 Å². The molecule has 0 bridgehead atoms. The second-order valence-electron chi connectivity index (χ2n) is 12.2. The smallest absolute Gasteiger partial charge is 0.314 e. The summed E-state index contributed by atoms with van der Waals surface area (Å²) < 4.78 is 33.5. The van der Waals surface area contributed by atoms with Gasteiger partial charge in [-0.3, -0.25) is 19.2 Å². The van der Waals surface area contributed by atoms with Crippen molar-refractivity contribution in [2.45, 2.75) is 51.4 Å². The quantitative estimate of drug-likeness (QED) is 0.127. The van der Waals surface area contributed by atoms with E-state index in [4.69, 9.17) is 28.4 Å². The molecule has 12 heteroatoms. The molecule has 0 atom stereocenters. The highest BCUT2D eigenvalue weighted by atomic mass is 32.1. The van der Waals surface area contributed by atoms with Crippen LogP contribution in [0, 0.1) is 23.7 Å². The molecular formula is C37H37NO10S. The van der Waals surface area contributed by atoms with Gasteiger partial charge in [0.2, 0.25) is 0 Å². The molecule has 2 aliphatic rings. The van der Waals surface area contributed by atoms with E-state index in [2.05, 4.69) is 4.98 Å². The third-order valence-electron chi connectivity index (χ3n) is 9.18. The number of methoxy groups -OCH3 is 2. The summed E-state index contributed by atoms with van der Waals surface area (Å²) in [5.74, 6) is 0.191. The normalized spacial score (nSPS) is 20.5. The van der Waals surface area contributed by atoms with Crippen molar-refractivity contribution in [2.24, 2.45) is 23.7 Å². The second-order valence-corrected chi connectivity index (χ2v) is 13.1. The van der Waals surface area contributed by atoms with Crippen LogP contribution in [0.3, 0.4) is 0 Å². The fraction of sp³-hybridized carbons (Fsp3) is 0.378. The van der Waals surface area contributed by atoms with E-state index in [0.717, 1.165) is 0 Å². The molecule has 3 aromatic carbocycles. The SMILES string of the molecule is COc1ccc(OC(=O)C2CCC(C(=O)Oc3ccc(OC(=O)C4CCC(C(=O)Oc5ccc(OC)cc5)CC4)c4scnc34)CC2)cc1. The van der Waals surface area contributed by atoms with E-state index in [1.165, 1.54) is 11.3 Å². The van der Waals surface area contributed by atoms with Gasteiger partial charge in [-0.25, -0.2) is 4.98 Å². The molecule has 0 spiro atoms. The van der Waals surface area contributed by atoms with Gasteiger partial charge in [0, 0.05) is 0 Å². The number of rotatable bonds is 10. The number of hydrogen-bond donors (Lipinski definition) is 0. The fourth-order valence-corrected chi connectivity index (χ4v) is 7.02. The lowest BCUT2D eigenvalue weighted by atomic mass is 9.82. The van der Waals surface area contributed by atoms with Crippen molar-refractivity contribution in [2.75, 3.05) is 14.2 Å². The predicted molar refractivity (Wildman–Crippen MR) is 179 cm³/mol. The lowest BCUT2D eigenvalue weighted by Crippen LogP contribution is -2.30. The van der Waals surface area contributed by atoms with Crippen LogP contribution in [0.25, 0.3) is 10.2 Å². The first-order valence-electron chi connectivity index (χ1n) is 16.3. The van der Waals surface area contributed by atoms with E-state index in [1.54, 1.807) is 80.4 Å². The van der Waals surface area contributed by atoms with Crippen molar-refractivity contribution in [3.63, 3.8) is 0 Å². The van der Waals surface area contributed by atoms with Crippen LogP contribution in [-0.4, -0.2) is 43.1 Å². The summed E-state index contributed by atoms with van der Waals surface area (Å²) >= 11 is 1.29. The molecule has 2 saturated carbocycles. The first-order valence-corrected chi connectivity index (χ1v) is 17.2. The topological polar surface area (TPSA) is 137 Å². The Bertz CT molecular complexity index is 1660. The highest BCUT2D eigenvalue weighted by molar-refractivity contribution is 7.17. The number of carbonyl (C=O) groups excluding carboxylic acids is 4. The van der Waals surface area contributed by atoms with Gasteiger partial charge in [0.25, 0.3) is 0 Å². The number of aromatic nitrogens is 1. The number of benzene rings is 3. The van der Waals surface area contributed by atoms with Gasteiger partial charge in [-0.1, -0.05) is 0 Å². The number of esters is 4. The Labute approximate surface area is 287 Å². The Morgan fingerprint density at radius 3 is 1.27 bits per heavy atom. The molecule has 1 heterocycles. The van der Waals surface area contributed by atoms with Crippen LogP contribution in [-0.2, 0) is 19.2 Å². The highest BCUT2D eigenvalue weighted by Gasteiger charge is 2.34. The minimum Gasteiger partial charge on any atom is -0.497 e. The van der Waals surface area contributed by atoms with Gasteiger partial charge in [-0.2, -0.15) is 0 Å². The zero-order chi connectivity index (χ0) is 34.3. The maximum absolute atomic E-state index is 13.1. The minimum absolute atomic E-state index is 0.290. The molecule has 256 valence electrons. The molecule has 1 aromatic heterocycles. The number of fused-ring (bicyclic) bond motifs is 1. The van der Waals surface area contributed by atoms with Gasteiger partial charge in [0.1, 0.15) is 33.2 Å². The van der Waals surface area contributed by atoms with Crippen LogP contribution in [0.2, 0.25) is 0 Å². The summed E-state index contributed by atoms with van der Waals surface area (Å²) in [6, 6.07) is 16.8. The molecule has 0 saturated heterocycles. The molecule has 0 amide bonds. The summed E-state index contributed by atoms with van der Waals surface area (Å²) in [5, 5.41) is 0. The molecule has 49 heavy (non-hydrogen) atoms. The molecule has 0 aliphatic heterocycles. The van der Waals surface area contributed by atoms with E-state index in [9.17, 15) is 19.2 Å². The van der Waals surface area contributed by atoms with E-state index in [1.807, 2.05) is 0 Å². The summed E-state index contributed by atoms with van der Waals surface area (Å²) in [6.07, 6.45) is 4.07. The summed E-state index contributed by atoms with van der Waals surface area (Å²) in [6.45, 7) is 0. The van der Waals surface area contributed by atoms with Crippen LogP contribution < -0.4 is 28.4 Å². The Balaban J connectivity index is 0.981. The lowest BCUT2D eigenvalue weighted by molar-refractivity contribution is -0.145. The molecule has 0 radical (unpaired) electrons. The van der Waals surface area contributed by atoms with Crippen molar-refractivity contribution in [1.29, 1.82) is 0 Å². The van der Waals surface area contributed by atoms with E-state index in [-0.39, 0.29) is 53.3 Å². The average Bonchev–Trinajstić information content (AvgIpc) is 3.64. The van der Waals surface area contributed by atoms with Crippen molar-refractivity contribution in [3.05, 3.63) is 66.2 Å². The molecule has 11 nitrogen and oxygen atoms in total. The van der Waals surface area contributed by atoms with Crippen molar-refractivity contribution in [1.82, 2.24) is 4.98 Å². The maximum Gasteiger partial charge on any atom is 0.314 e. The van der Waals surface area contributed by atoms with Gasteiger partial charge in [-0.15, -0.1) is 11.3 Å². The molecule has 0 N–H and O–H groups in total.